The molecule has 2 saturated heterocycles. The van der Waals surface area contributed by atoms with Gasteiger partial charge in [0, 0.05) is 39.2 Å². The van der Waals surface area contributed by atoms with E-state index in [2.05, 4.69) is 15.1 Å². The largest absolute Gasteiger partial charge is 0.396 e. The molecule has 184 valence electrons. The fraction of sp³-hybridized carbons (Fsp3) is 0.600. The van der Waals surface area contributed by atoms with Crippen molar-refractivity contribution in [3.8, 4) is 0 Å². The predicted octanol–water partition coefficient (Wildman–Crippen LogP) is 1.54. The number of amides is 4. The molecule has 0 aliphatic carbocycles. The molecular formula is C25H34N4O5. The van der Waals surface area contributed by atoms with E-state index in [1.54, 1.807) is 12.1 Å². The van der Waals surface area contributed by atoms with Crippen molar-refractivity contribution in [3.63, 3.8) is 0 Å². The number of carbonyl (C=O) groups excluding carboxylic acids is 4. The van der Waals surface area contributed by atoms with Gasteiger partial charge in [-0.25, -0.2) is 0 Å². The third-order valence-corrected chi connectivity index (χ3v) is 7.04. The molecule has 2 fully saturated rings. The number of hydrogen-bond acceptors (Lipinski definition) is 7. The zero-order chi connectivity index (χ0) is 24.1. The number of rotatable bonds is 10. The Morgan fingerprint density at radius 2 is 1.59 bits per heavy atom. The van der Waals surface area contributed by atoms with E-state index < -0.39 is 23.8 Å². The molecule has 0 saturated carbocycles. The molecule has 0 aromatic heterocycles. The molecule has 9 nitrogen and oxygen atoms in total. The van der Waals surface area contributed by atoms with Crippen molar-refractivity contribution >= 4 is 29.3 Å². The molecule has 1 aromatic carbocycles. The summed E-state index contributed by atoms with van der Waals surface area (Å²) in [4.78, 5) is 55.8. The first-order valence-corrected chi connectivity index (χ1v) is 12.4. The number of piperidine rings is 1. The van der Waals surface area contributed by atoms with E-state index in [0.717, 1.165) is 62.6 Å². The topological polar surface area (TPSA) is 110 Å². The molecule has 9 heteroatoms. The molecule has 0 bridgehead atoms. The average molecular weight is 471 g/mol. The van der Waals surface area contributed by atoms with Crippen LogP contribution >= 0.6 is 0 Å². The van der Waals surface area contributed by atoms with Crippen LogP contribution in [-0.2, 0) is 9.59 Å². The number of aliphatic hydroxyl groups excluding tert-OH is 1. The van der Waals surface area contributed by atoms with Crippen molar-refractivity contribution < 1.29 is 24.3 Å². The summed E-state index contributed by atoms with van der Waals surface area (Å²) < 4.78 is 0. The first-order chi connectivity index (χ1) is 16.5. The van der Waals surface area contributed by atoms with Crippen LogP contribution < -0.4 is 10.2 Å². The molecule has 1 aromatic rings. The maximum absolute atomic E-state index is 13.3. The second kappa shape index (κ2) is 11.1. The van der Waals surface area contributed by atoms with Crippen molar-refractivity contribution in [1.82, 2.24) is 15.1 Å². The first-order valence-electron chi connectivity index (χ1n) is 12.4. The summed E-state index contributed by atoms with van der Waals surface area (Å²) in [5, 5.41) is 11.1. The molecule has 0 spiro atoms. The Balaban J connectivity index is 1.35. The Hall–Kier alpha value is -2.78. The first kappa shape index (κ1) is 24.3. The SMILES string of the molecule is O=C1CCC(N2C(=O)c3cccc(N4CCN(CCCCCCCCO)CC4)c3C2=O)C(=O)N1. The van der Waals surface area contributed by atoms with Crippen molar-refractivity contribution in [2.75, 3.05) is 44.2 Å². The van der Waals surface area contributed by atoms with Gasteiger partial charge in [-0.1, -0.05) is 31.7 Å². The minimum absolute atomic E-state index is 0.112. The van der Waals surface area contributed by atoms with Crippen LogP contribution in [0.3, 0.4) is 0 Å². The van der Waals surface area contributed by atoms with Gasteiger partial charge in [-0.05, 0) is 37.9 Å². The zero-order valence-electron chi connectivity index (χ0n) is 19.6. The van der Waals surface area contributed by atoms with Gasteiger partial charge in [0.1, 0.15) is 6.04 Å². The van der Waals surface area contributed by atoms with Crippen LogP contribution in [0.5, 0.6) is 0 Å². The molecule has 34 heavy (non-hydrogen) atoms. The number of unbranched alkanes of at least 4 members (excludes halogenated alkanes) is 5. The van der Waals surface area contributed by atoms with Crippen LogP contribution in [0.1, 0.15) is 72.1 Å². The molecule has 2 N–H and O–H groups in total. The Kier molecular flexibility index (Phi) is 7.95. The van der Waals surface area contributed by atoms with Crippen LogP contribution in [0.25, 0.3) is 0 Å². The monoisotopic (exact) mass is 470 g/mol. The highest BCUT2D eigenvalue weighted by Crippen LogP contribution is 2.34. The highest BCUT2D eigenvalue weighted by Gasteiger charge is 2.46. The van der Waals surface area contributed by atoms with Crippen molar-refractivity contribution in [3.05, 3.63) is 29.3 Å². The average Bonchev–Trinajstić information content (AvgIpc) is 3.09. The summed E-state index contributed by atoms with van der Waals surface area (Å²) in [6, 6.07) is 4.36. The maximum Gasteiger partial charge on any atom is 0.264 e. The Morgan fingerprint density at radius 3 is 2.29 bits per heavy atom. The number of anilines is 1. The minimum Gasteiger partial charge on any atom is -0.396 e. The lowest BCUT2D eigenvalue weighted by Gasteiger charge is -2.36. The van der Waals surface area contributed by atoms with Gasteiger partial charge >= 0.3 is 0 Å². The summed E-state index contributed by atoms with van der Waals surface area (Å²) in [5.41, 5.74) is 1.44. The minimum atomic E-state index is -0.946. The van der Waals surface area contributed by atoms with E-state index in [1.165, 1.54) is 19.3 Å². The molecule has 3 aliphatic rings. The highest BCUT2D eigenvalue weighted by atomic mass is 16.3. The normalized spacial score (nSPS) is 21.3. The van der Waals surface area contributed by atoms with Crippen LogP contribution in [0.4, 0.5) is 5.69 Å². The molecule has 4 rings (SSSR count). The van der Waals surface area contributed by atoms with Crippen molar-refractivity contribution in [2.24, 2.45) is 0 Å². The third kappa shape index (κ3) is 5.15. The fourth-order valence-corrected chi connectivity index (χ4v) is 5.13. The van der Waals surface area contributed by atoms with E-state index >= 15 is 0 Å². The number of piperazine rings is 1. The molecule has 1 unspecified atom stereocenters. The van der Waals surface area contributed by atoms with E-state index in [-0.39, 0.29) is 25.4 Å². The number of imide groups is 2. The van der Waals surface area contributed by atoms with Crippen LogP contribution in [0.2, 0.25) is 0 Å². The van der Waals surface area contributed by atoms with Gasteiger partial charge in [0.05, 0.1) is 16.8 Å². The Labute approximate surface area is 200 Å². The van der Waals surface area contributed by atoms with Gasteiger partial charge in [-0.15, -0.1) is 0 Å². The zero-order valence-corrected chi connectivity index (χ0v) is 19.6. The van der Waals surface area contributed by atoms with Crippen LogP contribution in [0.15, 0.2) is 18.2 Å². The number of benzene rings is 1. The van der Waals surface area contributed by atoms with Gasteiger partial charge in [0.2, 0.25) is 11.8 Å². The number of nitrogens with zero attached hydrogens (tertiary/aromatic N) is 3. The van der Waals surface area contributed by atoms with Crippen LogP contribution in [-0.4, -0.2) is 83.9 Å². The number of nitrogens with one attached hydrogen (secondary N) is 1. The molecule has 3 heterocycles. The summed E-state index contributed by atoms with van der Waals surface area (Å²) in [7, 11) is 0. The van der Waals surface area contributed by atoms with E-state index in [4.69, 9.17) is 5.11 Å². The highest BCUT2D eigenvalue weighted by molar-refractivity contribution is 6.25. The quantitative estimate of drug-likeness (QED) is 0.394. The molecule has 0 radical (unpaired) electrons. The van der Waals surface area contributed by atoms with Gasteiger partial charge in [-0.2, -0.15) is 0 Å². The second-order valence-electron chi connectivity index (χ2n) is 9.32. The molecule has 3 aliphatic heterocycles. The lowest BCUT2D eigenvalue weighted by molar-refractivity contribution is -0.136. The summed E-state index contributed by atoms with van der Waals surface area (Å²) >= 11 is 0. The number of hydrogen-bond donors (Lipinski definition) is 2. The van der Waals surface area contributed by atoms with E-state index in [1.807, 2.05) is 6.07 Å². The molecule has 1 atom stereocenters. The number of carbonyl (C=O) groups is 4. The van der Waals surface area contributed by atoms with Crippen molar-refractivity contribution in [2.45, 2.75) is 57.4 Å². The fourth-order valence-electron chi connectivity index (χ4n) is 5.13. The van der Waals surface area contributed by atoms with Crippen LogP contribution in [0, 0.1) is 0 Å². The number of aliphatic hydroxyl groups is 1. The predicted molar refractivity (Wildman–Crippen MR) is 127 cm³/mol. The Morgan fingerprint density at radius 1 is 0.882 bits per heavy atom. The van der Waals surface area contributed by atoms with Crippen molar-refractivity contribution in [1.29, 1.82) is 0 Å². The maximum atomic E-state index is 13.3. The van der Waals surface area contributed by atoms with Gasteiger partial charge in [0.25, 0.3) is 11.8 Å². The van der Waals surface area contributed by atoms with E-state index in [0.29, 0.717) is 11.1 Å². The van der Waals surface area contributed by atoms with Gasteiger partial charge in [0.15, 0.2) is 0 Å². The standard InChI is InChI=1S/C25H34N4O5/c30-17-6-4-2-1-3-5-12-27-13-15-28(16-14-27)19-9-7-8-18-22(19)25(34)29(24(18)33)20-10-11-21(31)26-23(20)32/h7-9,20,30H,1-6,10-17H2,(H,26,31,32). The lowest BCUT2D eigenvalue weighted by Crippen LogP contribution is -2.54. The second-order valence-corrected chi connectivity index (χ2v) is 9.32. The molecular weight excluding hydrogens is 436 g/mol. The number of fused-ring (bicyclic) bond motifs is 1. The van der Waals surface area contributed by atoms with Gasteiger partial charge in [-0.3, -0.25) is 34.3 Å². The van der Waals surface area contributed by atoms with Gasteiger partial charge < -0.3 is 10.0 Å². The summed E-state index contributed by atoms with van der Waals surface area (Å²) in [6.45, 7) is 4.67. The Bertz CT molecular complexity index is 941. The smallest absolute Gasteiger partial charge is 0.264 e. The molecule has 4 amide bonds. The third-order valence-electron chi connectivity index (χ3n) is 7.04. The summed E-state index contributed by atoms with van der Waals surface area (Å²) in [6.07, 6.45) is 7.00. The van der Waals surface area contributed by atoms with E-state index in [9.17, 15) is 19.2 Å². The summed E-state index contributed by atoms with van der Waals surface area (Å²) in [5.74, 6) is -1.88. The lowest BCUT2D eigenvalue weighted by atomic mass is 10.0.